The first kappa shape index (κ1) is 27.6. The van der Waals surface area contributed by atoms with Crippen molar-refractivity contribution in [2.45, 2.75) is 59.8 Å². The fourth-order valence-electron chi connectivity index (χ4n) is 4.03. The molecule has 6 heteroatoms. The normalized spacial score (nSPS) is 15.2. The number of nitrogens with one attached hydrogen (secondary N) is 2. The zero-order valence-corrected chi connectivity index (χ0v) is 21.7. The van der Waals surface area contributed by atoms with Crippen LogP contribution in [0, 0.1) is 24.2 Å². The lowest BCUT2D eigenvalue weighted by Crippen LogP contribution is -2.37. The molecule has 2 N–H and O–H groups in total. The summed E-state index contributed by atoms with van der Waals surface area (Å²) < 4.78 is 0. The third-order valence-electron chi connectivity index (χ3n) is 6.33. The Hall–Kier alpha value is -2.62. The minimum atomic E-state index is 0.611. The van der Waals surface area contributed by atoms with Gasteiger partial charge in [-0.2, -0.15) is 10.4 Å². The van der Waals surface area contributed by atoms with Gasteiger partial charge in [0.15, 0.2) is 0 Å². The average Bonchev–Trinajstić information content (AvgIpc) is 3.29. The molecule has 1 aromatic heterocycles. The lowest BCUT2D eigenvalue weighted by Gasteiger charge is -2.28. The third-order valence-corrected chi connectivity index (χ3v) is 6.33. The van der Waals surface area contributed by atoms with Crippen LogP contribution in [0.1, 0.15) is 64.3 Å². The molecule has 6 nitrogen and oxygen atoms in total. The predicted molar refractivity (Wildman–Crippen MR) is 143 cm³/mol. The monoisotopic (exact) mass is 464 g/mol. The molecule has 0 aliphatic carbocycles. The summed E-state index contributed by atoms with van der Waals surface area (Å²) in [6.45, 7) is 14.2. The second-order valence-electron chi connectivity index (χ2n) is 9.26. The number of hydrogen-bond donors (Lipinski definition) is 2. The molecule has 0 radical (unpaired) electrons. The quantitative estimate of drug-likeness (QED) is 0.148. The van der Waals surface area contributed by atoms with Gasteiger partial charge in [0.05, 0.1) is 11.8 Å². The van der Waals surface area contributed by atoms with Crippen LogP contribution in [0.4, 0.5) is 0 Å². The Morgan fingerprint density at radius 2 is 2.18 bits per heavy atom. The van der Waals surface area contributed by atoms with Crippen LogP contribution in [-0.2, 0) is 0 Å². The van der Waals surface area contributed by atoms with Gasteiger partial charge in [-0.25, -0.2) is 0 Å². The van der Waals surface area contributed by atoms with Crippen molar-refractivity contribution in [3.8, 4) is 6.07 Å². The number of aromatic nitrogens is 2. The molecule has 1 aliphatic heterocycles. The number of nitriles is 1. The molecule has 34 heavy (non-hydrogen) atoms. The van der Waals surface area contributed by atoms with Crippen LogP contribution in [0.15, 0.2) is 48.1 Å². The van der Waals surface area contributed by atoms with Crippen molar-refractivity contribution in [2.75, 3.05) is 39.4 Å². The molecule has 2 rings (SSSR count). The first-order valence-corrected chi connectivity index (χ1v) is 12.9. The summed E-state index contributed by atoms with van der Waals surface area (Å²) in [4.78, 5) is 4.93. The van der Waals surface area contributed by atoms with Gasteiger partial charge in [-0.1, -0.05) is 44.6 Å². The van der Waals surface area contributed by atoms with Crippen molar-refractivity contribution >= 4 is 5.70 Å². The Kier molecular flexibility index (Phi) is 13.1. The van der Waals surface area contributed by atoms with Gasteiger partial charge in [0.1, 0.15) is 5.69 Å². The second kappa shape index (κ2) is 16.1. The van der Waals surface area contributed by atoms with Crippen LogP contribution in [0.25, 0.3) is 5.70 Å². The minimum absolute atomic E-state index is 0.611. The third kappa shape index (κ3) is 10.1. The molecule has 1 unspecified atom stereocenters. The van der Waals surface area contributed by atoms with Gasteiger partial charge >= 0.3 is 0 Å². The first-order valence-electron chi connectivity index (χ1n) is 12.9. The Morgan fingerprint density at radius 1 is 1.35 bits per heavy atom. The van der Waals surface area contributed by atoms with Crippen LogP contribution in [0.5, 0.6) is 0 Å². The Morgan fingerprint density at radius 3 is 2.88 bits per heavy atom. The summed E-state index contributed by atoms with van der Waals surface area (Å²) in [5, 5.41) is 20.3. The fourth-order valence-corrected chi connectivity index (χ4v) is 4.03. The van der Waals surface area contributed by atoms with Crippen LogP contribution in [0.2, 0.25) is 0 Å². The molecule has 0 spiro atoms. The average molecular weight is 465 g/mol. The summed E-state index contributed by atoms with van der Waals surface area (Å²) in [7, 11) is 0. The van der Waals surface area contributed by atoms with Gasteiger partial charge in [0.2, 0.25) is 0 Å². The van der Waals surface area contributed by atoms with E-state index in [1.54, 1.807) is 0 Å². The summed E-state index contributed by atoms with van der Waals surface area (Å²) in [5.74, 6) is 0.784. The molecule has 0 saturated carbocycles. The number of unbranched alkanes of at least 4 members (excludes halogenated alkanes) is 1. The number of hydrogen-bond acceptors (Lipinski definition) is 5. The lowest BCUT2D eigenvalue weighted by molar-refractivity contribution is 0.237. The van der Waals surface area contributed by atoms with E-state index in [0.717, 1.165) is 68.6 Å². The fraction of sp³-hybridized carbons (Fsp3) is 0.571. The second-order valence-corrected chi connectivity index (χ2v) is 9.26. The smallest absolute Gasteiger partial charge is 0.108 e. The highest BCUT2D eigenvalue weighted by Gasteiger charge is 2.15. The summed E-state index contributed by atoms with van der Waals surface area (Å²) in [5.41, 5.74) is 4.09. The highest BCUT2D eigenvalue weighted by Crippen LogP contribution is 2.21. The summed E-state index contributed by atoms with van der Waals surface area (Å²) >= 11 is 0. The van der Waals surface area contributed by atoms with Crippen LogP contribution >= 0.6 is 0 Å². The largest absolute Gasteiger partial charge is 0.366 e. The van der Waals surface area contributed by atoms with Crippen molar-refractivity contribution in [3.05, 3.63) is 59.5 Å². The zero-order chi connectivity index (χ0) is 24.6. The van der Waals surface area contributed by atoms with Crippen LogP contribution < -0.4 is 5.32 Å². The maximum atomic E-state index is 9.32. The minimum Gasteiger partial charge on any atom is -0.366 e. The number of H-pyrrole nitrogens is 1. The van der Waals surface area contributed by atoms with Gasteiger partial charge in [-0.05, 0) is 76.8 Å². The van der Waals surface area contributed by atoms with Crippen molar-refractivity contribution in [3.63, 3.8) is 0 Å². The Bertz CT molecular complexity index is 870. The standard InChI is InChI=1S/C28H44N6/c1-5-7-14-26(21-29)22-30-23-33(17-12-13-24(3)6-2)16-10-11-19-34-18-9-8-15-28(34)27-20-25(4)31-32-27/h5,7-9,14-15,20,24,30H,6,10-13,16-19,22-23H2,1-4H3,(H,31,32)/b7-5-,26-14-. The molecule has 0 bridgehead atoms. The van der Waals surface area contributed by atoms with Crippen molar-refractivity contribution in [2.24, 2.45) is 5.92 Å². The van der Waals surface area contributed by atoms with E-state index < -0.39 is 0 Å². The lowest BCUT2D eigenvalue weighted by atomic mass is 10.0. The number of aromatic amines is 1. The molecule has 1 aromatic rings. The van der Waals surface area contributed by atoms with Crippen LogP contribution in [0.3, 0.4) is 0 Å². The molecule has 1 aliphatic rings. The van der Waals surface area contributed by atoms with Gasteiger partial charge < -0.3 is 4.90 Å². The van der Waals surface area contributed by atoms with Crippen molar-refractivity contribution in [1.82, 2.24) is 25.3 Å². The molecular weight excluding hydrogens is 420 g/mol. The van der Waals surface area contributed by atoms with E-state index in [0.29, 0.717) is 6.54 Å². The topological polar surface area (TPSA) is 71.0 Å². The molecule has 0 amide bonds. The SMILES string of the molecule is C/C=C\C=C(\C#N)CNCN(CCCCN1CC=CC=C1c1cc(C)[nH]n1)CCCC(C)CC. The van der Waals surface area contributed by atoms with Crippen LogP contribution in [-0.4, -0.2) is 59.4 Å². The number of rotatable bonds is 16. The maximum Gasteiger partial charge on any atom is 0.108 e. The molecule has 2 heterocycles. The summed E-state index contributed by atoms with van der Waals surface area (Å²) in [6, 6.07) is 4.40. The number of nitrogens with zero attached hydrogens (tertiary/aromatic N) is 4. The highest BCUT2D eigenvalue weighted by atomic mass is 15.2. The van der Waals surface area contributed by atoms with E-state index in [1.807, 2.05) is 32.1 Å². The van der Waals surface area contributed by atoms with E-state index in [-0.39, 0.29) is 0 Å². The molecular formula is C28H44N6. The molecule has 1 atom stereocenters. The van der Waals surface area contributed by atoms with E-state index in [2.05, 4.69) is 69.5 Å². The van der Waals surface area contributed by atoms with Gasteiger partial charge in [0.25, 0.3) is 0 Å². The number of allylic oxidation sites excluding steroid dienone is 5. The van der Waals surface area contributed by atoms with Crippen molar-refractivity contribution < 1.29 is 0 Å². The van der Waals surface area contributed by atoms with E-state index in [4.69, 9.17) is 0 Å². The summed E-state index contributed by atoms with van der Waals surface area (Å²) in [6.07, 6.45) is 18.3. The van der Waals surface area contributed by atoms with E-state index >= 15 is 0 Å². The molecule has 0 fully saturated rings. The molecule has 0 aromatic carbocycles. The Labute approximate surface area is 207 Å². The zero-order valence-electron chi connectivity index (χ0n) is 21.7. The van der Waals surface area contributed by atoms with E-state index in [1.165, 1.54) is 25.0 Å². The molecule has 186 valence electrons. The maximum absolute atomic E-state index is 9.32. The predicted octanol–water partition coefficient (Wildman–Crippen LogP) is 5.41. The number of aryl methyl sites for hydroxylation is 1. The van der Waals surface area contributed by atoms with Gasteiger partial charge in [-0.15, -0.1) is 0 Å². The van der Waals surface area contributed by atoms with Gasteiger partial charge in [0, 0.05) is 37.6 Å². The molecule has 0 saturated heterocycles. The van der Waals surface area contributed by atoms with E-state index in [9.17, 15) is 5.26 Å². The van der Waals surface area contributed by atoms with Crippen molar-refractivity contribution in [1.29, 1.82) is 5.26 Å². The highest BCUT2D eigenvalue weighted by molar-refractivity contribution is 5.64. The Balaban J connectivity index is 1.82. The first-order chi connectivity index (χ1) is 16.6. The van der Waals surface area contributed by atoms with Gasteiger partial charge in [-0.3, -0.25) is 15.3 Å².